The van der Waals surface area contributed by atoms with Gasteiger partial charge in [-0.1, -0.05) is 13.8 Å². The van der Waals surface area contributed by atoms with Crippen LogP contribution in [-0.2, 0) is 9.53 Å². The summed E-state index contributed by atoms with van der Waals surface area (Å²) in [6.07, 6.45) is 1.22. The first-order valence-electron chi connectivity index (χ1n) is 6.91. The Morgan fingerprint density at radius 2 is 1.80 bits per heavy atom. The molecule has 1 saturated heterocycles. The lowest BCUT2D eigenvalue weighted by Gasteiger charge is -2.33. The van der Waals surface area contributed by atoms with Crippen molar-refractivity contribution >= 4 is 30.7 Å². The summed E-state index contributed by atoms with van der Waals surface area (Å²) < 4.78 is 5.25. The Labute approximate surface area is 134 Å². The highest BCUT2D eigenvalue weighted by atomic mass is 35.5. The van der Waals surface area contributed by atoms with E-state index in [0.29, 0.717) is 26.1 Å². The van der Waals surface area contributed by atoms with E-state index in [1.165, 1.54) is 0 Å². The third-order valence-electron chi connectivity index (χ3n) is 3.64. The minimum absolute atomic E-state index is 0. The number of amides is 1. The third-order valence-corrected chi connectivity index (χ3v) is 3.64. The van der Waals surface area contributed by atoms with E-state index in [2.05, 4.69) is 24.1 Å². The summed E-state index contributed by atoms with van der Waals surface area (Å²) in [7, 11) is 0. The fourth-order valence-electron chi connectivity index (χ4n) is 2.24. The molecule has 1 unspecified atom stereocenters. The van der Waals surface area contributed by atoms with Crippen molar-refractivity contribution < 1.29 is 9.53 Å². The van der Waals surface area contributed by atoms with Crippen LogP contribution in [0.5, 0.6) is 0 Å². The van der Waals surface area contributed by atoms with Gasteiger partial charge in [0.1, 0.15) is 0 Å². The molecule has 1 aliphatic heterocycles. The molecule has 1 heterocycles. The van der Waals surface area contributed by atoms with Crippen molar-refractivity contribution in [3.05, 3.63) is 0 Å². The van der Waals surface area contributed by atoms with E-state index < -0.39 is 5.54 Å². The fourth-order valence-corrected chi connectivity index (χ4v) is 2.24. The lowest BCUT2D eigenvalue weighted by Crippen LogP contribution is -2.59. The maximum Gasteiger partial charge on any atom is 0.240 e. The Bertz CT molecular complexity index is 270. The van der Waals surface area contributed by atoms with E-state index in [9.17, 15) is 4.79 Å². The van der Waals surface area contributed by atoms with E-state index in [-0.39, 0.29) is 36.8 Å². The van der Waals surface area contributed by atoms with Crippen LogP contribution in [0.25, 0.3) is 0 Å². The summed E-state index contributed by atoms with van der Waals surface area (Å²) in [6.45, 7) is 10.3. The average Bonchev–Trinajstić information content (AvgIpc) is 2.36. The number of carbonyl (C=O) groups excluding carboxylic acids is 1. The topological polar surface area (TPSA) is 67.6 Å². The average molecular weight is 330 g/mol. The maximum atomic E-state index is 12.2. The first-order chi connectivity index (χ1) is 8.51. The molecule has 0 radical (unpaired) electrons. The Balaban J connectivity index is 0. The second kappa shape index (κ2) is 10.6. The number of ether oxygens (including phenoxy) is 1. The molecule has 0 spiro atoms. The Hall–Kier alpha value is -0.0700. The third kappa shape index (κ3) is 6.59. The van der Waals surface area contributed by atoms with Crippen molar-refractivity contribution in [3.8, 4) is 0 Å². The van der Waals surface area contributed by atoms with E-state index in [1.54, 1.807) is 0 Å². The van der Waals surface area contributed by atoms with Crippen LogP contribution < -0.4 is 11.1 Å². The molecule has 5 nitrogen and oxygen atoms in total. The minimum Gasteiger partial charge on any atom is -0.381 e. The molecule has 0 aromatic rings. The van der Waals surface area contributed by atoms with Gasteiger partial charge in [0, 0.05) is 25.8 Å². The summed E-state index contributed by atoms with van der Waals surface area (Å²) in [6, 6.07) is 0.126. The van der Waals surface area contributed by atoms with Gasteiger partial charge in [-0.3, -0.25) is 4.79 Å². The van der Waals surface area contributed by atoms with Gasteiger partial charge in [0.25, 0.3) is 0 Å². The number of nitrogens with two attached hydrogens (primary N) is 1. The highest BCUT2D eigenvalue weighted by Gasteiger charge is 2.36. The van der Waals surface area contributed by atoms with Crippen molar-refractivity contribution in [2.75, 3.05) is 32.8 Å². The van der Waals surface area contributed by atoms with Crippen LogP contribution in [0.1, 0.15) is 33.6 Å². The van der Waals surface area contributed by atoms with Gasteiger partial charge < -0.3 is 20.7 Å². The second-order valence-electron chi connectivity index (χ2n) is 5.13. The summed E-state index contributed by atoms with van der Waals surface area (Å²) in [5, 5.41) is 3.03. The van der Waals surface area contributed by atoms with Gasteiger partial charge in [-0.05, 0) is 32.9 Å². The van der Waals surface area contributed by atoms with Crippen molar-refractivity contribution in [1.29, 1.82) is 0 Å². The number of nitrogens with zero attached hydrogens (tertiary/aromatic N) is 1. The Morgan fingerprint density at radius 3 is 2.25 bits per heavy atom. The van der Waals surface area contributed by atoms with Crippen LogP contribution in [-0.4, -0.2) is 55.2 Å². The molecule has 7 heteroatoms. The number of halogens is 2. The van der Waals surface area contributed by atoms with Crippen LogP contribution >= 0.6 is 24.8 Å². The minimum atomic E-state index is -0.740. The molecule has 1 amide bonds. The van der Waals surface area contributed by atoms with E-state index in [0.717, 1.165) is 19.6 Å². The summed E-state index contributed by atoms with van der Waals surface area (Å²) in [4.78, 5) is 14.5. The maximum absolute atomic E-state index is 12.2. The SMILES string of the molecule is CCN(CC)CC(C)NC(=O)C1(N)CCOCC1.Cl.Cl. The molecule has 0 aromatic heterocycles. The number of rotatable bonds is 6. The van der Waals surface area contributed by atoms with Crippen LogP contribution in [0.2, 0.25) is 0 Å². The number of carbonyl (C=O) groups is 1. The predicted octanol–water partition coefficient (Wildman–Crippen LogP) is 1.18. The highest BCUT2D eigenvalue weighted by molar-refractivity contribution is 5.86. The standard InChI is InChI=1S/C13H27N3O2.2ClH/c1-4-16(5-2)10-11(3)15-12(17)13(14)6-8-18-9-7-13;;/h11H,4-10,14H2,1-3H3,(H,15,17);2*1H. The zero-order chi connectivity index (χ0) is 13.6. The highest BCUT2D eigenvalue weighted by Crippen LogP contribution is 2.17. The zero-order valence-corrected chi connectivity index (χ0v) is 14.3. The number of hydrogen-bond acceptors (Lipinski definition) is 4. The van der Waals surface area contributed by atoms with E-state index >= 15 is 0 Å². The molecule has 0 aliphatic carbocycles. The molecule has 0 saturated carbocycles. The van der Waals surface area contributed by atoms with Gasteiger partial charge in [-0.25, -0.2) is 0 Å². The molecule has 1 atom stereocenters. The van der Waals surface area contributed by atoms with Crippen molar-refractivity contribution in [2.24, 2.45) is 5.73 Å². The van der Waals surface area contributed by atoms with Gasteiger partial charge in [-0.15, -0.1) is 24.8 Å². The quantitative estimate of drug-likeness (QED) is 0.768. The first kappa shape index (κ1) is 22.2. The second-order valence-corrected chi connectivity index (χ2v) is 5.13. The van der Waals surface area contributed by atoms with E-state index in [1.807, 2.05) is 6.92 Å². The van der Waals surface area contributed by atoms with Gasteiger partial charge in [0.15, 0.2) is 0 Å². The molecule has 1 rings (SSSR count). The molecular formula is C13H29Cl2N3O2. The van der Waals surface area contributed by atoms with Crippen molar-refractivity contribution in [1.82, 2.24) is 10.2 Å². The molecule has 1 fully saturated rings. The fraction of sp³-hybridized carbons (Fsp3) is 0.923. The van der Waals surface area contributed by atoms with Crippen molar-refractivity contribution in [3.63, 3.8) is 0 Å². The number of hydrogen-bond donors (Lipinski definition) is 2. The molecule has 122 valence electrons. The smallest absolute Gasteiger partial charge is 0.240 e. The molecule has 0 bridgehead atoms. The van der Waals surface area contributed by atoms with E-state index in [4.69, 9.17) is 10.5 Å². The molecule has 0 aromatic carbocycles. The predicted molar refractivity (Wildman–Crippen MR) is 86.9 cm³/mol. The van der Waals surface area contributed by atoms with Crippen molar-refractivity contribution in [2.45, 2.75) is 45.2 Å². The van der Waals surface area contributed by atoms with Crippen LogP contribution in [0.15, 0.2) is 0 Å². The monoisotopic (exact) mass is 329 g/mol. The van der Waals surface area contributed by atoms with Crippen LogP contribution in [0.3, 0.4) is 0 Å². The normalized spacial score (nSPS) is 18.6. The largest absolute Gasteiger partial charge is 0.381 e. The lowest BCUT2D eigenvalue weighted by atomic mass is 9.90. The summed E-state index contributed by atoms with van der Waals surface area (Å²) >= 11 is 0. The van der Waals surface area contributed by atoms with Gasteiger partial charge in [0.05, 0.1) is 5.54 Å². The zero-order valence-electron chi connectivity index (χ0n) is 12.7. The molecular weight excluding hydrogens is 301 g/mol. The lowest BCUT2D eigenvalue weighted by molar-refractivity contribution is -0.130. The first-order valence-corrected chi connectivity index (χ1v) is 6.91. The van der Waals surface area contributed by atoms with Crippen LogP contribution in [0.4, 0.5) is 0 Å². The number of nitrogens with one attached hydrogen (secondary N) is 1. The Morgan fingerprint density at radius 1 is 1.30 bits per heavy atom. The van der Waals surface area contributed by atoms with Gasteiger partial charge in [0.2, 0.25) is 5.91 Å². The van der Waals surface area contributed by atoms with Gasteiger partial charge >= 0.3 is 0 Å². The van der Waals surface area contributed by atoms with Gasteiger partial charge in [-0.2, -0.15) is 0 Å². The van der Waals surface area contributed by atoms with Crippen LogP contribution in [0, 0.1) is 0 Å². The molecule has 1 aliphatic rings. The molecule has 3 N–H and O–H groups in total. The Kier molecular flexibility index (Phi) is 11.8. The number of likely N-dealkylation sites (N-methyl/N-ethyl adjacent to an activating group) is 1. The summed E-state index contributed by atoms with van der Waals surface area (Å²) in [5.41, 5.74) is 5.40. The summed E-state index contributed by atoms with van der Waals surface area (Å²) in [5.74, 6) is -0.0366. The molecule has 20 heavy (non-hydrogen) atoms.